The fraction of sp³-hybridized carbons (Fsp3) is 1.00. The van der Waals surface area contributed by atoms with Crippen molar-refractivity contribution in [2.75, 3.05) is 6.61 Å². The Kier molecular flexibility index (Phi) is 3.18. The van der Waals surface area contributed by atoms with E-state index in [9.17, 15) is 13.2 Å². The Bertz CT molecular complexity index is 246. The largest absolute Gasteiger partial charge is 0.391 e. The van der Waals surface area contributed by atoms with Crippen LogP contribution in [-0.2, 0) is 4.74 Å². The van der Waals surface area contributed by atoms with E-state index in [0.717, 1.165) is 12.8 Å². The number of hydrogen-bond acceptors (Lipinski definition) is 2. The highest BCUT2D eigenvalue weighted by molar-refractivity contribution is 4.93. The molecule has 2 N–H and O–H groups in total. The Morgan fingerprint density at radius 1 is 1.12 bits per heavy atom. The topological polar surface area (TPSA) is 35.2 Å². The van der Waals surface area contributed by atoms with E-state index in [-0.39, 0.29) is 24.5 Å². The molecule has 2 fully saturated rings. The highest BCUT2D eigenvalue weighted by Gasteiger charge is 2.47. The van der Waals surface area contributed by atoms with Crippen molar-refractivity contribution in [3.8, 4) is 0 Å². The van der Waals surface area contributed by atoms with Crippen molar-refractivity contribution in [3.05, 3.63) is 0 Å². The molecule has 1 spiro atoms. The van der Waals surface area contributed by atoms with Gasteiger partial charge < -0.3 is 10.5 Å². The zero-order valence-corrected chi connectivity index (χ0v) is 9.22. The van der Waals surface area contributed by atoms with Crippen LogP contribution in [0.25, 0.3) is 0 Å². The minimum absolute atomic E-state index is 0.0937. The summed E-state index contributed by atoms with van der Waals surface area (Å²) in [5, 5.41) is 0. The smallest absolute Gasteiger partial charge is 0.375 e. The van der Waals surface area contributed by atoms with E-state index in [0.29, 0.717) is 19.4 Å². The maximum Gasteiger partial charge on any atom is 0.391 e. The van der Waals surface area contributed by atoms with Gasteiger partial charge in [-0.3, -0.25) is 0 Å². The van der Waals surface area contributed by atoms with Gasteiger partial charge in [0.05, 0.1) is 11.5 Å². The lowest BCUT2D eigenvalue weighted by molar-refractivity contribution is -0.201. The number of nitrogens with two attached hydrogens (primary N) is 1. The Morgan fingerprint density at radius 3 is 2.25 bits per heavy atom. The van der Waals surface area contributed by atoms with Gasteiger partial charge >= 0.3 is 6.18 Å². The lowest BCUT2D eigenvalue weighted by Crippen LogP contribution is -2.48. The molecule has 1 unspecified atom stereocenters. The molecule has 0 aromatic carbocycles. The highest BCUT2D eigenvalue weighted by atomic mass is 19.4. The van der Waals surface area contributed by atoms with Crippen LogP contribution >= 0.6 is 0 Å². The van der Waals surface area contributed by atoms with Gasteiger partial charge in [0.15, 0.2) is 0 Å². The van der Waals surface area contributed by atoms with Gasteiger partial charge in [0, 0.05) is 12.6 Å². The lowest BCUT2D eigenvalue weighted by atomic mass is 9.74. The molecule has 2 aliphatic rings. The Morgan fingerprint density at radius 2 is 1.75 bits per heavy atom. The van der Waals surface area contributed by atoms with Gasteiger partial charge in [-0.1, -0.05) is 0 Å². The molecule has 0 amide bonds. The molecule has 1 heterocycles. The van der Waals surface area contributed by atoms with Crippen molar-refractivity contribution < 1.29 is 17.9 Å². The third-order valence-corrected chi connectivity index (χ3v) is 3.89. The van der Waals surface area contributed by atoms with Gasteiger partial charge in [-0.05, 0) is 38.5 Å². The van der Waals surface area contributed by atoms with E-state index in [2.05, 4.69) is 0 Å². The molecule has 1 atom stereocenters. The summed E-state index contributed by atoms with van der Waals surface area (Å²) in [6.45, 7) is 0.595. The molecule has 1 saturated heterocycles. The summed E-state index contributed by atoms with van der Waals surface area (Å²) in [5.74, 6) is -1.14. The van der Waals surface area contributed by atoms with Crippen molar-refractivity contribution in [2.24, 2.45) is 11.7 Å². The predicted molar refractivity (Wildman–Crippen MR) is 53.9 cm³/mol. The summed E-state index contributed by atoms with van der Waals surface area (Å²) in [5.41, 5.74) is 5.51. The molecule has 1 aliphatic carbocycles. The first-order valence-electron chi connectivity index (χ1n) is 5.88. The highest BCUT2D eigenvalue weighted by Crippen LogP contribution is 2.45. The summed E-state index contributed by atoms with van der Waals surface area (Å²) in [6, 6.07) is 0.0937. The van der Waals surface area contributed by atoms with Gasteiger partial charge in [-0.2, -0.15) is 13.2 Å². The first-order chi connectivity index (χ1) is 7.41. The third kappa shape index (κ3) is 2.51. The normalized spacial score (nSPS) is 41.2. The molecule has 0 aromatic rings. The Hall–Kier alpha value is -0.290. The molecule has 2 rings (SSSR count). The standard InChI is InChI=1S/C11H18F3NO/c12-11(13,14)8-1-4-10(5-2-8)7-9(15)3-6-16-10/h8-9H,1-7,15H2. The summed E-state index contributed by atoms with van der Waals surface area (Å²) < 4.78 is 43.2. The van der Waals surface area contributed by atoms with E-state index in [1.165, 1.54) is 0 Å². The second kappa shape index (κ2) is 4.18. The van der Waals surface area contributed by atoms with Gasteiger partial charge in [-0.15, -0.1) is 0 Å². The molecule has 0 aromatic heterocycles. The summed E-state index contributed by atoms with van der Waals surface area (Å²) in [7, 11) is 0. The van der Waals surface area contributed by atoms with Crippen LogP contribution in [0.4, 0.5) is 13.2 Å². The molecule has 5 heteroatoms. The van der Waals surface area contributed by atoms with Crippen LogP contribution in [0.1, 0.15) is 38.5 Å². The maximum absolute atomic E-state index is 12.5. The fourth-order valence-corrected chi connectivity index (χ4v) is 2.89. The number of ether oxygens (including phenoxy) is 1. The van der Waals surface area contributed by atoms with Gasteiger partial charge in [0.25, 0.3) is 0 Å². The van der Waals surface area contributed by atoms with Crippen LogP contribution in [0.2, 0.25) is 0 Å². The molecular weight excluding hydrogens is 219 g/mol. The summed E-state index contributed by atoms with van der Waals surface area (Å²) in [4.78, 5) is 0. The first kappa shape index (κ1) is 12.2. The van der Waals surface area contributed by atoms with Crippen LogP contribution in [-0.4, -0.2) is 24.4 Å². The zero-order valence-electron chi connectivity index (χ0n) is 9.22. The van der Waals surface area contributed by atoms with Crippen LogP contribution in [0.3, 0.4) is 0 Å². The fourth-order valence-electron chi connectivity index (χ4n) is 2.89. The van der Waals surface area contributed by atoms with Crippen LogP contribution in [0, 0.1) is 5.92 Å². The van der Waals surface area contributed by atoms with Crippen molar-refractivity contribution in [3.63, 3.8) is 0 Å². The SMILES string of the molecule is NC1CCOC2(CCC(C(F)(F)F)CC2)C1. The van der Waals surface area contributed by atoms with Crippen LogP contribution in [0.5, 0.6) is 0 Å². The number of halogens is 3. The average molecular weight is 237 g/mol. The van der Waals surface area contributed by atoms with E-state index >= 15 is 0 Å². The number of alkyl halides is 3. The molecule has 94 valence electrons. The molecular formula is C11H18F3NO. The minimum atomic E-state index is -4.04. The zero-order chi connectivity index (χ0) is 11.8. The predicted octanol–water partition coefficient (Wildman–Crippen LogP) is 2.62. The monoisotopic (exact) mass is 237 g/mol. The van der Waals surface area contributed by atoms with Crippen LogP contribution < -0.4 is 5.73 Å². The minimum Gasteiger partial charge on any atom is -0.375 e. The number of rotatable bonds is 0. The Balaban J connectivity index is 1.93. The summed E-state index contributed by atoms with van der Waals surface area (Å²) >= 11 is 0. The molecule has 0 radical (unpaired) electrons. The Labute approximate surface area is 93.3 Å². The van der Waals surface area contributed by atoms with E-state index in [4.69, 9.17) is 10.5 Å². The second-order valence-electron chi connectivity index (χ2n) is 5.10. The second-order valence-corrected chi connectivity index (χ2v) is 5.10. The molecule has 1 aliphatic heterocycles. The van der Waals surface area contributed by atoms with Crippen LogP contribution in [0.15, 0.2) is 0 Å². The summed E-state index contributed by atoms with van der Waals surface area (Å²) in [6.07, 6.45) is -1.11. The van der Waals surface area contributed by atoms with Crippen molar-refractivity contribution >= 4 is 0 Å². The maximum atomic E-state index is 12.5. The quantitative estimate of drug-likeness (QED) is 0.703. The number of hydrogen-bond donors (Lipinski definition) is 1. The van der Waals surface area contributed by atoms with Crippen molar-refractivity contribution in [1.29, 1.82) is 0 Å². The van der Waals surface area contributed by atoms with Crippen molar-refractivity contribution in [1.82, 2.24) is 0 Å². The van der Waals surface area contributed by atoms with Crippen molar-refractivity contribution in [2.45, 2.75) is 56.3 Å². The van der Waals surface area contributed by atoms with Gasteiger partial charge in [-0.25, -0.2) is 0 Å². The van der Waals surface area contributed by atoms with E-state index < -0.39 is 12.1 Å². The first-order valence-corrected chi connectivity index (χ1v) is 5.88. The van der Waals surface area contributed by atoms with Gasteiger partial charge in [0.1, 0.15) is 0 Å². The van der Waals surface area contributed by atoms with E-state index in [1.54, 1.807) is 0 Å². The van der Waals surface area contributed by atoms with Gasteiger partial charge in [0.2, 0.25) is 0 Å². The van der Waals surface area contributed by atoms with E-state index in [1.807, 2.05) is 0 Å². The molecule has 2 nitrogen and oxygen atoms in total. The lowest BCUT2D eigenvalue weighted by Gasteiger charge is -2.44. The molecule has 16 heavy (non-hydrogen) atoms. The third-order valence-electron chi connectivity index (χ3n) is 3.89. The molecule has 0 bridgehead atoms. The average Bonchev–Trinajstić information content (AvgIpc) is 2.16. The molecule has 1 saturated carbocycles.